The van der Waals surface area contributed by atoms with Crippen LogP contribution in [0.2, 0.25) is 0 Å². The molecule has 0 aromatic heterocycles. The summed E-state index contributed by atoms with van der Waals surface area (Å²) in [7, 11) is 0. The number of hydrogen-bond donors (Lipinski definition) is 1. The van der Waals surface area contributed by atoms with Crippen molar-refractivity contribution in [3.63, 3.8) is 0 Å². The minimum atomic E-state index is -0.544. The number of benzene rings is 2. The summed E-state index contributed by atoms with van der Waals surface area (Å²) in [5.41, 5.74) is 3.69. The molecule has 1 unspecified atom stereocenters. The Bertz CT molecular complexity index is 1210. The van der Waals surface area contributed by atoms with Gasteiger partial charge >= 0.3 is 5.97 Å². The summed E-state index contributed by atoms with van der Waals surface area (Å²) in [5.74, 6) is -0.0811. The molecule has 1 saturated heterocycles. The van der Waals surface area contributed by atoms with Crippen molar-refractivity contribution in [1.82, 2.24) is 10.2 Å². The summed E-state index contributed by atoms with van der Waals surface area (Å²) in [6, 6.07) is 22.3. The van der Waals surface area contributed by atoms with E-state index in [1.807, 2.05) is 48.2 Å². The lowest BCUT2D eigenvalue weighted by molar-refractivity contribution is -0.139. The van der Waals surface area contributed by atoms with Crippen LogP contribution in [0.4, 0.5) is 0 Å². The number of piperidine rings is 1. The molecular weight excluding hydrogens is 482 g/mol. The van der Waals surface area contributed by atoms with Crippen LogP contribution >= 0.6 is 11.8 Å². The van der Waals surface area contributed by atoms with Gasteiger partial charge in [0, 0.05) is 18.8 Å². The number of rotatable bonds is 8. The van der Waals surface area contributed by atoms with Crippen LogP contribution in [0.1, 0.15) is 43.7 Å². The van der Waals surface area contributed by atoms with Gasteiger partial charge in [0.25, 0.3) is 0 Å². The van der Waals surface area contributed by atoms with Crippen molar-refractivity contribution in [3.05, 3.63) is 93.7 Å². The van der Waals surface area contributed by atoms with Gasteiger partial charge in [0.2, 0.25) is 5.91 Å². The van der Waals surface area contributed by atoms with Gasteiger partial charge in [-0.25, -0.2) is 4.79 Å². The molecule has 192 valence electrons. The Morgan fingerprint density at radius 2 is 1.73 bits per heavy atom. The number of amides is 1. The van der Waals surface area contributed by atoms with Crippen molar-refractivity contribution in [2.45, 2.75) is 39.0 Å². The number of nitriles is 1. The first kappa shape index (κ1) is 26.6. The molecule has 4 rings (SSSR count). The number of hydrogen-bond acceptors (Lipinski definition) is 6. The Hall–Kier alpha value is -3.50. The third-order valence-electron chi connectivity index (χ3n) is 6.95. The summed E-state index contributed by atoms with van der Waals surface area (Å²) in [4.78, 5) is 27.9. The summed E-state index contributed by atoms with van der Waals surface area (Å²) in [6.45, 7) is 5.34. The molecule has 2 aromatic carbocycles. The predicted octanol–water partition coefficient (Wildman–Crippen LogP) is 5.16. The zero-order valence-electron chi connectivity index (χ0n) is 21.4. The summed E-state index contributed by atoms with van der Waals surface area (Å²) in [5, 5.41) is 14.0. The van der Waals surface area contributed by atoms with E-state index >= 15 is 0 Å². The van der Waals surface area contributed by atoms with Crippen molar-refractivity contribution >= 4 is 23.6 Å². The van der Waals surface area contributed by atoms with Crippen molar-refractivity contribution in [1.29, 1.82) is 5.26 Å². The Labute approximate surface area is 223 Å². The smallest absolute Gasteiger partial charge is 0.336 e. The first-order valence-corrected chi connectivity index (χ1v) is 13.8. The van der Waals surface area contributed by atoms with Crippen LogP contribution < -0.4 is 5.32 Å². The van der Waals surface area contributed by atoms with Gasteiger partial charge in [-0.15, -0.1) is 0 Å². The molecule has 7 heteroatoms. The zero-order chi connectivity index (χ0) is 26.2. The highest BCUT2D eigenvalue weighted by molar-refractivity contribution is 8.03. The second-order valence-corrected chi connectivity index (χ2v) is 10.4. The highest BCUT2D eigenvalue weighted by Gasteiger charge is 2.35. The second kappa shape index (κ2) is 12.6. The topological polar surface area (TPSA) is 82.4 Å². The molecule has 0 spiro atoms. The third kappa shape index (κ3) is 6.44. The SMILES string of the molecule is CCOC(=O)C1=C(C)NC(SCC(=O)N2CCC(Cc3ccccc3)CC2)=C(C#N)C1c1ccccc1. The molecule has 1 fully saturated rings. The van der Waals surface area contributed by atoms with Gasteiger partial charge in [-0.3, -0.25) is 4.79 Å². The lowest BCUT2D eigenvalue weighted by Crippen LogP contribution is -2.40. The first-order chi connectivity index (χ1) is 18.0. The molecule has 0 bridgehead atoms. The maximum atomic E-state index is 13.1. The Kier molecular flexibility index (Phi) is 9.08. The fraction of sp³-hybridized carbons (Fsp3) is 0.367. The minimum absolute atomic E-state index is 0.0730. The van der Waals surface area contributed by atoms with Gasteiger partial charge in [0.05, 0.1) is 40.5 Å². The van der Waals surface area contributed by atoms with Gasteiger partial charge in [-0.05, 0) is 50.2 Å². The number of nitrogens with zero attached hydrogens (tertiary/aromatic N) is 2. The molecule has 0 radical (unpaired) electrons. The van der Waals surface area contributed by atoms with Crippen LogP contribution in [0.3, 0.4) is 0 Å². The first-order valence-electron chi connectivity index (χ1n) is 12.8. The Balaban J connectivity index is 1.44. The van der Waals surface area contributed by atoms with Crippen LogP contribution in [0.25, 0.3) is 0 Å². The number of thioether (sulfide) groups is 1. The second-order valence-electron chi connectivity index (χ2n) is 9.39. The number of carbonyl (C=O) groups excluding carboxylic acids is 2. The molecule has 1 amide bonds. The van der Waals surface area contributed by atoms with Crippen LogP contribution in [0.15, 0.2) is 82.5 Å². The molecule has 1 atom stereocenters. The van der Waals surface area contributed by atoms with E-state index in [9.17, 15) is 14.9 Å². The lowest BCUT2D eigenvalue weighted by atomic mass is 9.82. The highest BCUT2D eigenvalue weighted by Crippen LogP contribution is 2.41. The number of nitrogens with one attached hydrogen (secondary N) is 1. The van der Waals surface area contributed by atoms with Crippen LogP contribution in [-0.2, 0) is 20.7 Å². The molecule has 1 N–H and O–H groups in total. The molecule has 2 aromatic rings. The highest BCUT2D eigenvalue weighted by atomic mass is 32.2. The average molecular weight is 516 g/mol. The molecule has 0 aliphatic carbocycles. The molecule has 0 saturated carbocycles. The number of allylic oxidation sites excluding steroid dienone is 2. The molecular formula is C30H33N3O3S. The molecule has 2 heterocycles. The molecule has 2 aliphatic rings. The third-order valence-corrected chi connectivity index (χ3v) is 7.95. The number of carbonyl (C=O) groups is 2. The van der Waals surface area contributed by atoms with Crippen LogP contribution in [0.5, 0.6) is 0 Å². The molecule has 6 nitrogen and oxygen atoms in total. The normalized spacial score (nSPS) is 18.3. The number of likely N-dealkylation sites (tertiary alicyclic amines) is 1. The van der Waals surface area contributed by atoms with E-state index in [2.05, 4.69) is 35.7 Å². The van der Waals surface area contributed by atoms with Gasteiger partial charge in [-0.1, -0.05) is 72.4 Å². The van der Waals surface area contributed by atoms with E-state index in [0.29, 0.717) is 27.8 Å². The van der Waals surface area contributed by atoms with Crippen LogP contribution in [0, 0.1) is 17.2 Å². The summed E-state index contributed by atoms with van der Waals surface area (Å²) >= 11 is 1.33. The lowest BCUT2D eigenvalue weighted by Gasteiger charge is -2.33. The zero-order valence-corrected chi connectivity index (χ0v) is 22.2. The maximum absolute atomic E-state index is 13.1. The monoisotopic (exact) mass is 515 g/mol. The van der Waals surface area contributed by atoms with Gasteiger partial charge in [-0.2, -0.15) is 5.26 Å². The summed E-state index contributed by atoms with van der Waals surface area (Å²) in [6.07, 6.45) is 3.04. The van der Waals surface area contributed by atoms with E-state index in [-0.39, 0.29) is 18.3 Å². The fourth-order valence-corrected chi connectivity index (χ4v) is 6.04. The number of dihydropyridines is 1. The van der Waals surface area contributed by atoms with Crippen LogP contribution in [-0.4, -0.2) is 42.2 Å². The quantitative estimate of drug-likeness (QED) is 0.489. The largest absolute Gasteiger partial charge is 0.463 e. The molecule has 2 aliphatic heterocycles. The maximum Gasteiger partial charge on any atom is 0.336 e. The Morgan fingerprint density at radius 1 is 1.08 bits per heavy atom. The minimum Gasteiger partial charge on any atom is -0.463 e. The van der Waals surface area contributed by atoms with E-state index in [1.54, 1.807) is 6.92 Å². The Morgan fingerprint density at radius 3 is 2.35 bits per heavy atom. The van der Waals surface area contributed by atoms with E-state index in [4.69, 9.17) is 4.74 Å². The van der Waals surface area contributed by atoms with E-state index in [1.165, 1.54) is 17.3 Å². The van der Waals surface area contributed by atoms with E-state index < -0.39 is 11.9 Å². The van der Waals surface area contributed by atoms with Crippen molar-refractivity contribution in [2.24, 2.45) is 5.92 Å². The predicted molar refractivity (Wildman–Crippen MR) is 146 cm³/mol. The average Bonchev–Trinajstić information content (AvgIpc) is 2.92. The standard InChI is InChI=1S/C30H33N3O3S/c1-3-36-30(35)27-21(2)32-29(25(19-31)28(27)24-12-8-5-9-13-24)37-20-26(34)33-16-14-23(15-17-33)18-22-10-6-4-7-11-22/h4-13,23,28,32H,3,14-18,20H2,1-2H3. The van der Waals surface area contributed by atoms with Gasteiger partial charge < -0.3 is 15.0 Å². The van der Waals surface area contributed by atoms with Crippen molar-refractivity contribution < 1.29 is 14.3 Å². The summed E-state index contributed by atoms with van der Waals surface area (Å²) < 4.78 is 5.32. The van der Waals surface area contributed by atoms with Gasteiger partial charge in [0.1, 0.15) is 0 Å². The molecule has 37 heavy (non-hydrogen) atoms. The van der Waals surface area contributed by atoms with Crippen molar-refractivity contribution in [2.75, 3.05) is 25.4 Å². The fourth-order valence-electron chi connectivity index (χ4n) is 5.04. The van der Waals surface area contributed by atoms with E-state index in [0.717, 1.165) is 37.9 Å². The van der Waals surface area contributed by atoms with Gasteiger partial charge in [0.15, 0.2) is 0 Å². The van der Waals surface area contributed by atoms with Crippen molar-refractivity contribution in [3.8, 4) is 6.07 Å². The number of ether oxygens (including phenoxy) is 1. The number of esters is 1.